The second kappa shape index (κ2) is 11.1. The molecule has 0 amide bonds. The fourth-order valence-electron chi connectivity index (χ4n) is 3.80. The number of hydrogen-bond acceptors (Lipinski definition) is 8. The number of hydrogen-bond donors (Lipinski definition) is 0. The summed E-state index contributed by atoms with van der Waals surface area (Å²) in [6.07, 6.45) is 0. The summed E-state index contributed by atoms with van der Waals surface area (Å²) in [5.41, 5.74) is 5.11. The zero-order valence-electron chi connectivity index (χ0n) is 20.6. The fraction of sp³-hybridized carbons (Fsp3) is 0.231. The first-order valence-corrected chi connectivity index (χ1v) is 12.2. The van der Waals surface area contributed by atoms with E-state index in [0.29, 0.717) is 12.2 Å². The largest absolute Gasteiger partial charge is 0.462 e. The minimum absolute atomic E-state index is 0.324. The van der Waals surface area contributed by atoms with Crippen LogP contribution in [0.1, 0.15) is 17.3 Å². The molecule has 36 heavy (non-hydrogen) atoms. The third-order valence-corrected chi connectivity index (χ3v) is 5.41. The van der Waals surface area contributed by atoms with Crippen LogP contribution in [-0.2, 0) is 4.74 Å². The number of nitrogens with zero attached hydrogens (tertiary/aromatic N) is 2. The Morgan fingerprint density at radius 2 is 1.64 bits per heavy atom. The van der Waals surface area contributed by atoms with Crippen molar-refractivity contribution >= 4 is 22.6 Å². The summed E-state index contributed by atoms with van der Waals surface area (Å²) >= 11 is 0. The van der Waals surface area contributed by atoms with Gasteiger partial charge in [0.2, 0.25) is 5.36 Å². The minimum atomic E-state index is -4.94. The molecule has 2 aromatic carbocycles. The topological polar surface area (TPSA) is 138 Å². The lowest BCUT2D eigenvalue weighted by atomic mass is 9.90. The number of benzene rings is 3. The van der Waals surface area contributed by atoms with E-state index in [1.807, 2.05) is 81.0 Å². The smallest absolute Gasteiger partial charge is 0.338 e. The average molecular weight is 515 g/mol. The Hall–Kier alpha value is -3.47. The highest BCUT2D eigenvalue weighted by atomic mass is 35.7. The van der Waals surface area contributed by atoms with E-state index in [0.717, 1.165) is 44.5 Å². The van der Waals surface area contributed by atoms with Crippen molar-refractivity contribution in [3.05, 3.63) is 71.6 Å². The Labute approximate surface area is 210 Å². The van der Waals surface area contributed by atoms with Gasteiger partial charge in [0.15, 0.2) is 0 Å². The Morgan fingerprint density at radius 1 is 0.972 bits per heavy atom. The lowest BCUT2D eigenvalue weighted by Gasteiger charge is -2.19. The molecule has 0 N–H and O–H groups in total. The molecule has 0 unspecified atom stereocenters. The normalized spacial score (nSPS) is 11.1. The van der Waals surface area contributed by atoms with Crippen molar-refractivity contribution in [1.82, 2.24) is 4.58 Å². The second-order valence-corrected chi connectivity index (χ2v) is 9.03. The summed E-state index contributed by atoms with van der Waals surface area (Å²) in [6, 6.07) is 19.9. The van der Waals surface area contributed by atoms with Crippen LogP contribution < -0.4 is 33.5 Å². The summed E-state index contributed by atoms with van der Waals surface area (Å²) in [7, 11) is 3.07. The summed E-state index contributed by atoms with van der Waals surface area (Å²) in [5, 5.41) is 2.00. The maximum atomic E-state index is 12.7. The summed E-state index contributed by atoms with van der Waals surface area (Å²) < 4.78 is 47.7. The molecule has 0 aromatic heterocycles. The van der Waals surface area contributed by atoms with Crippen LogP contribution in [0.15, 0.2) is 65.1 Å². The molecule has 0 radical (unpaired) electrons. The number of halogens is 1. The molecule has 2 aromatic rings. The molecule has 0 bridgehead atoms. The van der Waals surface area contributed by atoms with Crippen LogP contribution >= 0.6 is 0 Å². The van der Waals surface area contributed by atoms with Gasteiger partial charge in [-0.3, -0.25) is 0 Å². The number of rotatable bonds is 4. The highest BCUT2D eigenvalue weighted by Crippen LogP contribution is 2.42. The van der Waals surface area contributed by atoms with E-state index < -0.39 is 10.2 Å². The van der Waals surface area contributed by atoms with Crippen LogP contribution in [0.5, 0.6) is 0 Å². The van der Waals surface area contributed by atoms with Gasteiger partial charge in [-0.1, -0.05) is 18.2 Å². The molecule has 2 aliphatic rings. The van der Waals surface area contributed by atoms with Crippen molar-refractivity contribution in [2.45, 2.75) is 6.92 Å². The van der Waals surface area contributed by atoms with Crippen LogP contribution in [0.3, 0.4) is 0 Å². The maximum Gasteiger partial charge on any atom is 0.338 e. The van der Waals surface area contributed by atoms with Gasteiger partial charge in [-0.2, -0.15) is 0 Å². The quantitative estimate of drug-likeness (QED) is 0.206. The fourth-order valence-corrected chi connectivity index (χ4v) is 3.80. The molecule has 0 saturated carbocycles. The van der Waals surface area contributed by atoms with Gasteiger partial charge in [0, 0.05) is 48.4 Å². The predicted molar refractivity (Wildman–Crippen MR) is 126 cm³/mol. The molecule has 1 aliphatic heterocycles. The van der Waals surface area contributed by atoms with Gasteiger partial charge >= 0.3 is 5.97 Å². The van der Waals surface area contributed by atoms with Gasteiger partial charge in [-0.05, 0) is 36.8 Å². The highest BCUT2D eigenvalue weighted by Gasteiger charge is 2.22. The van der Waals surface area contributed by atoms with Gasteiger partial charge in [-0.25, -0.2) is 28.0 Å². The standard InChI is InChI=1S/C26H27N2O3.ClHO4/c1-6-30-26(29)20-10-8-7-9-19(20)25-21-13-11-17(27(2)3)15-23(21)31-24-16-18(28(4)5)12-14-22(24)25;2-1(3,4)5/h7-16H,6H2,1-5H3;(H,2,3,4,5)/q+1;/p-1. The molecule has 4 rings (SSSR count). The van der Waals surface area contributed by atoms with E-state index >= 15 is 0 Å². The van der Waals surface area contributed by atoms with Crippen molar-refractivity contribution in [1.29, 1.82) is 0 Å². The van der Waals surface area contributed by atoms with E-state index in [1.165, 1.54) is 0 Å². The first-order chi connectivity index (χ1) is 16.9. The second-order valence-electron chi connectivity index (χ2n) is 8.27. The van der Waals surface area contributed by atoms with Crippen LogP contribution in [0.2, 0.25) is 0 Å². The van der Waals surface area contributed by atoms with Crippen molar-refractivity contribution in [3.63, 3.8) is 0 Å². The van der Waals surface area contributed by atoms with Gasteiger partial charge in [0.1, 0.15) is 25.4 Å². The molecule has 190 valence electrons. The van der Waals surface area contributed by atoms with Crippen LogP contribution in [0, 0.1) is 10.2 Å². The number of anilines is 1. The number of ether oxygens (including phenoxy) is 1. The minimum Gasteiger partial charge on any atom is -0.462 e. The Morgan fingerprint density at radius 3 is 2.25 bits per heavy atom. The van der Waals surface area contributed by atoms with Crippen LogP contribution in [0.25, 0.3) is 33.4 Å². The number of fused-ring (bicyclic) bond motifs is 2. The molecule has 1 aliphatic carbocycles. The maximum absolute atomic E-state index is 12.7. The molecule has 1 heterocycles. The van der Waals surface area contributed by atoms with Gasteiger partial charge < -0.3 is 14.1 Å². The van der Waals surface area contributed by atoms with Crippen LogP contribution in [0.4, 0.5) is 5.69 Å². The zero-order valence-corrected chi connectivity index (χ0v) is 21.4. The summed E-state index contributed by atoms with van der Waals surface area (Å²) in [6.45, 7) is 2.15. The molecule has 0 saturated heterocycles. The molecule has 9 nitrogen and oxygen atoms in total. The lowest BCUT2D eigenvalue weighted by molar-refractivity contribution is -2.00. The molecule has 0 spiro atoms. The van der Waals surface area contributed by atoms with E-state index in [1.54, 1.807) is 0 Å². The van der Waals surface area contributed by atoms with Crippen molar-refractivity contribution in [2.24, 2.45) is 0 Å². The average Bonchev–Trinajstić information content (AvgIpc) is 2.80. The SMILES string of the molecule is CCOC(=O)c1ccccc1-c1c2ccc(=[N+](C)C)cc-2oc2cc(N(C)C)ccc12.[O-][Cl+3]([O-])([O-])[O-]. The van der Waals surface area contributed by atoms with Gasteiger partial charge in [0.25, 0.3) is 0 Å². The van der Waals surface area contributed by atoms with Gasteiger partial charge in [0.05, 0.1) is 18.2 Å². The number of carbonyl (C=O) groups is 1. The van der Waals surface area contributed by atoms with Crippen molar-refractivity contribution < 1.29 is 42.8 Å². The Bertz CT molecular complexity index is 1410. The monoisotopic (exact) mass is 514 g/mol. The third kappa shape index (κ3) is 6.39. The first-order valence-electron chi connectivity index (χ1n) is 11.0. The number of esters is 1. The van der Waals surface area contributed by atoms with Crippen molar-refractivity contribution in [2.75, 3.05) is 39.7 Å². The summed E-state index contributed by atoms with van der Waals surface area (Å²) in [5.74, 6) is 0.443. The Balaban J connectivity index is 0.000000658. The molecular weight excluding hydrogens is 488 g/mol. The third-order valence-electron chi connectivity index (χ3n) is 5.41. The van der Waals surface area contributed by atoms with Gasteiger partial charge in [-0.15, -0.1) is 10.2 Å². The van der Waals surface area contributed by atoms with E-state index in [9.17, 15) is 4.79 Å². The van der Waals surface area contributed by atoms with Crippen molar-refractivity contribution in [3.8, 4) is 22.5 Å². The Kier molecular flexibility index (Phi) is 8.34. The van der Waals surface area contributed by atoms with E-state index in [4.69, 9.17) is 27.8 Å². The molecule has 0 atom stereocenters. The van der Waals surface area contributed by atoms with Crippen LogP contribution in [-0.4, -0.2) is 40.8 Å². The number of carbonyl (C=O) groups excluding carboxylic acids is 1. The predicted octanol–water partition coefficient (Wildman–Crippen LogP) is -0.277. The van der Waals surface area contributed by atoms with E-state index in [-0.39, 0.29) is 5.97 Å². The van der Waals surface area contributed by atoms with E-state index in [2.05, 4.69) is 24.3 Å². The molecular formula is C26H27ClN2O7. The highest BCUT2D eigenvalue weighted by molar-refractivity contribution is 6.08. The zero-order chi connectivity index (χ0) is 26.6. The first kappa shape index (κ1) is 27.1. The molecule has 0 fully saturated rings. The molecule has 10 heteroatoms. The lowest BCUT2D eigenvalue weighted by Crippen LogP contribution is -2.68. The summed E-state index contributed by atoms with van der Waals surface area (Å²) in [4.78, 5) is 14.8.